The van der Waals surface area contributed by atoms with Crippen LogP contribution >= 0.6 is 0 Å². The second kappa shape index (κ2) is 5.69. The smallest absolute Gasteiger partial charge is 0.252 e. The summed E-state index contributed by atoms with van der Waals surface area (Å²) in [5.41, 5.74) is 7.07. The van der Waals surface area contributed by atoms with Crippen molar-refractivity contribution in [2.75, 3.05) is 5.73 Å². The molecule has 1 fully saturated rings. The highest BCUT2D eigenvalue weighted by molar-refractivity contribution is 6.06. The summed E-state index contributed by atoms with van der Waals surface area (Å²) in [5.74, 6) is 0.222. The molecule has 1 aliphatic rings. The number of hydrogen-bond acceptors (Lipinski definition) is 4. The molecule has 0 spiro atoms. The fourth-order valence-electron chi connectivity index (χ4n) is 2.87. The summed E-state index contributed by atoms with van der Waals surface area (Å²) in [6.07, 6.45) is 2.88. The van der Waals surface area contributed by atoms with Crippen LogP contribution in [0.5, 0.6) is 0 Å². The lowest BCUT2D eigenvalue weighted by Gasteiger charge is -2.26. The maximum absolute atomic E-state index is 12.5. The van der Waals surface area contributed by atoms with E-state index in [1.807, 2.05) is 24.3 Å². The van der Waals surface area contributed by atoms with Gasteiger partial charge in [0.2, 0.25) is 0 Å². The number of aliphatic hydroxyl groups is 1. The zero-order valence-electron chi connectivity index (χ0n) is 11.7. The molecule has 0 saturated heterocycles. The van der Waals surface area contributed by atoms with Crippen LogP contribution in [-0.4, -0.2) is 28.1 Å². The Morgan fingerprint density at radius 3 is 2.71 bits per heavy atom. The number of amides is 1. The zero-order valence-corrected chi connectivity index (χ0v) is 11.7. The van der Waals surface area contributed by atoms with Gasteiger partial charge in [-0.3, -0.25) is 4.79 Å². The van der Waals surface area contributed by atoms with Crippen molar-refractivity contribution in [1.29, 1.82) is 0 Å². The van der Waals surface area contributed by atoms with Crippen molar-refractivity contribution in [3.63, 3.8) is 0 Å². The molecule has 1 amide bonds. The second-order valence-corrected chi connectivity index (χ2v) is 5.59. The molecule has 1 heterocycles. The van der Waals surface area contributed by atoms with E-state index < -0.39 is 0 Å². The van der Waals surface area contributed by atoms with Crippen molar-refractivity contribution in [2.45, 2.75) is 37.8 Å². The van der Waals surface area contributed by atoms with Crippen LogP contribution < -0.4 is 11.1 Å². The van der Waals surface area contributed by atoms with E-state index in [2.05, 4.69) is 10.3 Å². The van der Waals surface area contributed by atoms with Crippen LogP contribution in [0.1, 0.15) is 36.0 Å². The summed E-state index contributed by atoms with van der Waals surface area (Å²) in [5, 5.41) is 13.4. The second-order valence-electron chi connectivity index (χ2n) is 5.59. The predicted octanol–water partition coefficient (Wildman–Crippen LogP) is 1.85. The van der Waals surface area contributed by atoms with Crippen molar-refractivity contribution in [2.24, 2.45) is 0 Å². The number of nitrogens with two attached hydrogens (primary N) is 1. The fourth-order valence-corrected chi connectivity index (χ4v) is 2.87. The van der Waals surface area contributed by atoms with Gasteiger partial charge in [0.15, 0.2) is 0 Å². The molecular weight excluding hydrogens is 266 g/mol. The quantitative estimate of drug-likeness (QED) is 0.785. The molecule has 0 atom stereocenters. The van der Waals surface area contributed by atoms with Crippen molar-refractivity contribution in [1.82, 2.24) is 10.3 Å². The third-order valence-corrected chi connectivity index (χ3v) is 4.01. The maximum atomic E-state index is 12.5. The van der Waals surface area contributed by atoms with Gasteiger partial charge >= 0.3 is 0 Å². The molecule has 1 aromatic carbocycles. The van der Waals surface area contributed by atoms with Crippen LogP contribution in [0.4, 0.5) is 5.82 Å². The van der Waals surface area contributed by atoms with Gasteiger partial charge in [0.25, 0.3) is 5.91 Å². The third kappa shape index (κ3) is 2.97. The summed E-state index contributed by atoms with van der Waals surface area (Å²) < 4.78 is 0. The summed E-state index contributed by atoms with van der Waals surface area (Å²) in [6, 6.07) is 9.22. The van der Waals surface area contributed by atoms with E-state index in [1.165, 1.54) is 0 Å². The van der Waals surface area contributed by atoms with Gasteiger partial charge < -0.3 is 16.2 Å². The minimum absolute atomic E-state index is 0.119. The number of pyridine rings is 1. The minimum atomic E-state index is -0.226. The average Bonchev–Trinajstić information content (AvgIpc) is 2.48. The average molecular weight is 285 g/mol. The highest BCUT2D eigenvalue weighted by Gasteiger charge is 2.22. The normalized spacial score (nSPS) is 22.1. The van der Waals surface area contributed by atoms with E-state index in [4.69, 9.17) is 5.73 Å². The van der Waals surface area contributed by atoms with Crippen molar-refractivity contribution in [3.8, 4) is 0 Å². The highest BCUT2D eigenvalue weighted by Crippen LogP contribution is 2.22. The summed E-state index contributed by atoms with van der Waals surface area (Å²) in [6.45, 7) is 0. The first-order chi connectivity index (χ1) is 10.1. The van der Waals surface area contributed by atoms with E-state index in [1.54, 1.807) is 6.07 Å². The molecule has 5 nitrogen and oxygen atoms in total. The molecule has 1 aromatic heterocycles. The first-order valence-electron chi connectivity index (χ1n) is 7.27. The predicted molar refractivity (Wildman–Crippen MR) is 81.9 cm³/mol. The van der Waals surface area contributed by atoms with Gasteiger partial charge in [-0.05, 0) is 37.8 Å². The molecule has 0 unspecified atom stereocenters. The van der Waals surface area contributed by atoms with Crippen molar-refractivity contribution in [3.05, 3.63) is 35.9 Å². The molecule has 0 radical (unpaired) electrons. The molecule has 2 aromatic rings. The van der Waals surface area contributed by atoms with Crippen LogP contribution in [0.25, 0.3) is 10.9 Å². The van der Waals surface area contributed by atoms with Gasteiger partial charge in [-0.1, -0.05) is 18.2 Å². The molecule has 0 bridgehead atoms. The summed E-state index contributed by atoms with van der Waals surface area (Å²) >= 11 is 0. The number of rotatable bonds is 2. The molecule has 21 heavy (non-hydrogen) atoms. The summed E-state index contributed by atoms with van der Waals surface area (Å²) in [7, 11) is 0. The van der Waals surface area contributed by atoms with Crippen LogP contribution in [-0.2, 0) is 0 Å². The number of anilines is 1. The van der Waals surface area contributed by atoms with E-state index in [0.29, 0.717) is 11.4 Å². The molecule has 1 aliphatic carbocycles. The molecule has 1 saturated carbocycles. The Labute approximate surface area is 123 Å². The molecule has 4 N–H and O–H groups in total. The van der Waals surface area contributed by atoms with Crippen LogP contribution in [0, 0.1) is 0 Å². The largest absolute Gasteiger partial charge is 0.393 e. The number of nitrogens with one attached hydrogen (secondary N) is 1. The number of carbonyl (C=O) groups excluding carboxylic acids is 1. The van der Waals surface area contributed by atoms with Gasteiger partial charge in [0.1, 0.15) is 5.82 Å². The lowest BCUT2D eigenvalue weighted by Crippen LogP contribution is -2.38. The first kappa shape index (κ1) is 13.8. The fraction of sp³-hybridized carbons (Fsp3) is 0.375. The molecular formula is C16H19N3O2. The Kier molecular flexibility index (Phi) is 3.75. The minimum Gasteiger partial charge on any atom is -0.393 e. The lowest BCUT2D eigenvalue weighted by molar-refractivity contribution is 0.0869. The molecule has 3 rings (SSSR count). The van der Waals surface area contributed by atoms with E-state index in [0.717, 1.165) is 36.6 Å². The van der Waals surface area contributed by atoms with Crippen LogP contribution in [0.2, 0.25) is 0 Å². The third-order valence-electron chi connectivity index (χ3n) is 4.01. The topological polar surface area (TPSA) is 88.2 Å². The van der Waals surface area contributed by atoms with Crippen molar-refractivity contribution >= 4 is 22.6 Å². The lowest BCUT2D eigenvalue weighted by atomic mass is 9.93. The SMILES string of the molecule is Nc1cc(C(=O)NC2CCC(O)CC2)c2ccccc2n1. The van der Waals surface area contributed by atoms with Gasteiger partial charge in [-0.25, -0.2) is 4.98 Å². The van der Waals surface area contributed by atoms with E-state index in [9.17, 15) is 9.90 Å². The summed E-state index contributed by atoms with van der Waals surface area (Å²) in [4.78, 5) is 16.7. The Balaban J connectivity index is 1.84. The Hall–Kier alpha value is -2.14. The Bertz CT molecular complexity index is 664. The first-order valence-corrected chi connectivity index (χ1v) is 7.27. The highest BCUT2D eigenvalue weighted by atomic mass is 16.3. The van der Waals surface area contributed by atoms with Gasteiger partial charge in [0, 0.05) is 11.4 Å². The Morgan fingerprint density at radius 1 is 1.24 bits per heavy atom. The molecule has 0 aliphatic heterocycles. The number of nitrogens with zero attached hydrogens (tertiary/aromatic N) is 1. The van der Waals surface area contributed by atoms with Gasteiger partial charge in [0.05, 0.1) is 17.2 Å². The molecule has 110 valence electrons. The zero-order chi connectivity index (χ0) is 14.8. The number of hydrogen-bond donors (Lipinski definition) is 3. The number of fused-ring (bicyclic) bond motifs is 1. The Morgan fingerprint density at radius 2 is 1.95 bits per heavy atom. The monoisotopic (exact) mass is 285 g/mol. The number of aromatic nitrogens is 1. The van der Waals surface area contributed by atoms with Crippen LogP contribution in [0.15, 0.2) is 30.3 Å². The van der Waals surface area contributed by atoms with Gasteiger partial charge in [-0.2, -0.15) is 0 Å². The van der Waals surface area contributed by atoms with E-state index >= 15 is 0 Å². The number of aliphatic hydroxyl groups excluding tert-OH is 1. The number of nitrogen functional groups attached to an aromatic ring is 1. The molecule has 5 heteroatoms. The number of benzene rings is 1. The van der Waals surface area contributed by atoms with Gasteiger partial charge in [-0.15, -0.1) is 0 Å². The standard InChI is InChI=1S/C16H19N3O2/c17-15-9-13(12-3-1-2-4-14(12)19-15)16(21)18-10-5-7-11(20)8-6-10/h1-4,9-11,20H,5-8H2,(H2,17,19)(H,18,21). The number of para-hydroxylation sites is 1. The maximum Gasteiger partial charge on any atom is 0.252 e. The van der Waals surface area contributed by atoms with Crippen molar-refractivity contribution < 1.29 is 9.90 Å². The van der Waals surface area contributed by atoms with Crippen LogP contribution in [0.3, 0.4) is 0 Å². The van der Waals surface area contributed by atoms with E-state index in [-0.39, 0.29) is 18.1 Å². The number of carbonyl (C=O) groups is 1.